The highest BCUT2D eigenvalue weighted by Crippen LogP contribution is 2.22. The molecule has 0 fully saturated rings. The predicted molar refractivity (Wildman–Crippen MR) is 94.9 cm³/mol. The van der Waals surface area contributed by atoms with Gasteiger partial charge in [0.05, 0.1) is 6.20 Å². The number of hydrogen-bond donors (Lipinski definition) is 1. The van der Waals surface area contributed by atoms with E-state index in [1.165, 1.54) is 0 Å². The maximum Gasteiger partial charge on any atom is 0.275 e. The Labute approximate surface area is 145 Å². The zero-order chi connectivity index (χ0) is 17.8. The third-order valence-corrected chi connectivity index (χ3v) is 3.44. The summed E-state index contributed by atoms with van der Waals surface area (Å²) in [6.45, 7) is 5.65. The summed E-state index contributed by atoms with van der Waals surface area (Å²) in [6.07, 6.45) is 3.29. The second-order valence-electron chi connectivity index (χ2n) is 5.74. The van der Waals surface area contributed by atoms with Gasteiger partial charge in [0.2, 0.25) is 0 Å². The molecule has 1 N–H and O–H groups in total. The van der Waals surface area contributed by atoms with Crippen molar-refractivity contribution in [2.45, 2.75) is 20.8 Å². The lowest BCUT2D eigenvalue weighted by Crippen LogP contribution is -2.15. The fourth-order valence-corrected chi connectivity index (χ4v) is 2.25. The number of carbonyl (C=O) groups is 1. The average molecular weight is 334 g/mol. The van der Waals surface area contributed by atoms with Crippen molar-refractivity contribution >= 4 is 11.7 Å². The summed E-state index contributed by atoms with van der Waals surface area (Å²) in [4.78, 5) is 25.0. The monoisotopic (exact) mass is 334 g/mol. The quantitative estimate of drug-likeness (QED) is 0.784. The lowest BCUT2D eigenvalue weighted by molar-refractivity contribution is 0.102. The minimum atomic E-state index is -0.339. The number of ether oxygens (including phenoxy) is 1. The van der Waals surface area contributed by atoms with Gasteiger partial charge in [0.25, 0.3) is 5.91 Å². The van der Waals surface area contributed by atoms with Crippen LogP contribution in [0, 0.1) is 20.8 Å². The van der Waals surface area contributed by atoms with Crippen molar-refractivity contribution in [3.63, 3.8) is 0 Å². The molecule has 0 bridgehead atoms. The maximum atomic E-state index is 12.4. The smallest absolute Gasteiger partial charge is 0.275 e. The molecule has 3 rings (SSSR count). The van der Waals surface area contributed by atoms with Crippen molar-refractivity contribution in [2.75, 3.05) is 5.32 Å². The summed E-state index contributed by atoms with van der Waals surface area (Å²) < 4.78 is 5.78. The van der Waals surface area contributed by atoms with Crippen molar-refractivity contribution in [1.29, 1.82) is 0 Å². The second-order valence-corrected chi connectivity index (χ2v) is 5.74. The topological polar surface area (TPSA) is 77.0 Å². The first-order chi connectivity index (χ1) is 12.0. The van der Waals surface area contributed by atoms with Crippen LogP contribution in [0.25, 0.3) is 0 Å². The number of carbonyl (C=O) groups excluding carboxylic acids is 1. The van der Waals surface area contributed by atoms with E-state index < -0.39 is 0 Å². The molecule has 6 nitrogen and oxygen atoms in total. The lowest BCUT2D eigenvalue weighted by Gasteiger charge is -2.09. The summed E-state index contributed by atoms with van der Waals surface area (Å²) >= 11 is 0. The number of aryl methyl sites for hydroxylation is 3. The molecule has 0 atom stereocenters. The van der Waals surface area contributed by atoms with E-state index in [1.807, 2.05) is 39.0 Å². The molecule has 0 saturated heterocycles. The zero-order valence-electron chi connectivity index (χ0n) is 14.3. The van der Waals surface area contributed by atoms with Crippen LogP contribution < -0.4 is 10.1 Å². The van der Waals surface area contributed by atoms with Crippen LogP contribution in [0.1, 0.15) is 27.4 Å². The van der Waals surface area contributed by atoms with Crippen molar-refractivity contribution in [3.05, 3.63) is 71.4 Å². The molecule has 3 aromatic rings. The minimum Gasteiger partial charge on any atom is -0.456 e. The molecule has 0 aromatic carbocycles. The standard InChI is InChI=1S/C19H18N4O2/c1-12-6-7-20-18(8-12)23-19(24)17-10-16(9-14(3)22-17)25-15-5-4-13(2)21-11-15/h4-11H,1-3H3,(H,20,23,24). The Balaban J connectivity index is 1.80. The van der Waals surface area contributed by atoms with Crippen LogP contribution in [-0.2, 0) is 0 Å². The molecule has 0 aliphatic rings. The van der Waals surface area contributed by atoms with Gasteiger partial charge in [-0.1, -0.05) is 0 Å². The van der Waals surface area contributed by atoms with Crippen LogP contribution in [0.4, 0.5) is 5.82 Å². The SMILES string of the molecule is Cc1ccnc(NC(=O)c2cc(Oc3ccc(C)nc3)cc(C)n2)c1. The van der Waals surface area contributed by atoms with E-state index >= 15 is 0 Å². The number of hydrogen-bond acceptors (Lipinski definition) is 5. The first-order valence-corrected chi connectivity index (χ1v) is 7.83. The summed E-state index contributed by atoms with van der Waals surface area (Å²) in [7, 11) is 0. The van der Waals surface area contributed by atoms with Gasteiger partial charge in [0.1, 0.15) is 23.0 Å². The molecular weight excluding hydrogens is 316 g/mol. The number of rotatable bonds is 4. The van der Waals surface area contributed by atoms with Gasteiger partial charge in [-0.15, -0.1) is 0 Å². The third kappa shape index (κ3) is 4.38. The number of nitrogens with zero attached hydrogens (tertiary/aromatic N) is 3. The highest BCUT2D eigenvalue weighted by molar-refractivity contribution is 6.02. The van der Waals surface area contributed by atoms with Gasteiger partial charge in [-0.05, 0) is 50.6 Å². The van der Waals surface area contributed by atoms with Gasteiger partial charge in [-0.3, -0.25) is 9.78 Å². The number of nitrogens with one attached hydrogen (secondary N) is 1. The van der Waals surface area contributed by atoms with Crippen LogP contribution in [-0.4, -0.2) is 20.9 Å². The van der Waals surface area contributed by atoms with E-state index in [9.17, 15) is 4.79 Å². The Morgan fingerprint density at radius 2 is 1.80 bits per heavy atom. The predicted octanol–water partition coefficient (Wildman–Crippen LogP) is 3.84. The Morgan fingerprint density at radius 1 is 0.960 bits per heavy atom. The van der Waals surface area contributed by atoms with E-state index in [1.54, 1.807) is 30.6 Å². The molecule has 0 unspecified atom stereocenters. The highest BCUT2D eigenvalue weighted by atomic mass is 16.5. The molecule has 1 amide bonds. The van der Waals surface area contributed by atoms with Gasteiger partial charge >= 0.3 is 0 Å². The number of anilines is 1. The summed E-state index contributed by atoms with van der Waals surface area (Å²) in [6, 6.07) is 10.7. The molecule has 126 valence electrons. The maximum absolute atomic E-state index is 12.4. The normalized spacial score (nSPS) is 10.4. The number of aromatic nitrogens is 3. The third-order valence-electron chi connectivity index (χ3n) is 3.44. The number of pyridine rings is 3. The molecule has 3 aromatic heterocycles. The Hall–Kier alpha value is -3.28. The lowest BCUT2D eigenvalue weighted by atomic mass is 10.2. The van der Waals surface area contributed by atoms with Crippen LogP contribution >= 0.6 is 0 Å². The minimum absolute atomic E-state index is 0.262. The van der Waals surface area contributed by atoms with E-state index in [2.05, 4.69) is 20.3 Å². The Bertz CT molecular complexity index is 908. The van der Waals surface area contributed by atoms with E-state index in [0.29, 0.717) is 23.0 Å². The second kappa shape index (κ2) is 7.09. The molecule has 0 aliphatic carbocycles. The summed E-state index contributed by atoms with van der Waals surface area (Å²) in [5.74, 6) is 1.27. The molecule has 0 aliphatic heterocycles. The van der Waals surface area contributed by atoms with Crippen molar-refractivity contribution in [2.24, 2.45) is 0 Å². The largest absolute Gasteiger partial charge is 0.456 e. The molecule has 25 heavy (non-hydrogen) atoms. The van der Waals surface area contributed by atoms with Gasteiger partial charge < -0.3 is 10.1 Å². The van der Waals surface area contributed by atoms with Crippen LogP contribution in [0.5, 0.6) is 11.5 Å². The zero-order valence-corrected chi connectivity index (χ0v) is 14.3. The van der Waals surface area contributed by atoms with E-state index in [0.717, 1.165) is 11.3 Å². The van der Waals surface area contributed by atoms with Crippen LogP contribution in [0.15, 0.2) is 48.8 Å². The van der Waals surface area contributed by atoms with Gasteiger partial charge in [-0.2, -0.15) is 0 Å². The van der Waals surface area contributed by atoms with Crippen molar-refractivity contribution < 1.29 is 9.53 Å². The van der Waals surface area contributed by atoms with Gasteiger partial charge in [-0.25, -0.2) is 9.97 Å². The van der Waals surface area contributed by atoms with Crippen LogP contribution in [0.3, 0.4) is 0 Å². The average Bonchev–Trinajstić information content (AvgIpc) is 2.56. The van der Waals surface area contributed by atoms with Crippen molar-refractivity contribution in [3.8, 4) is 11.5 Å². The molecule has 0 saturated carbocycles. The Morgan fingerprint density at radius 3 is 2.52 bits per heavy atom. The van der Waals surface area contributed by atoms with E-state index in [4.69, 9.17) is 4.74 Å². The van der Waals surface area contributed by atoms with E-state index in [-0.39, 0.29) is 11.6 Å². The molecule has 0 radical (unpaired) electrons. The van der Waals surface area contributed by atoms with Gasteiger partial charge in [0.15, 0.2) is 0 Å². The number of amides is 1. The molecule has 0 spiro atoms. The summed E-state index contributed by atoms with van der Waals surface area (Å²) in [5.41, 5.74) is 2.86. The molecular formula is C19H18N4O2. The van der Waals surface area contributed by atoms with Crippen LogP contribution in [0.2, 0.25) is 0 Å². The first kappa shape index (κ1) is 16.6. The fraction of sp³-hybridized carbons (Fsp3) is 0.158. The Kier molecular flexibility index (Phi) is 4.70. The highest BCUT2D eigenvalue weighted by Gasteiger charge is 2.12. The summed E-state index contributed by atoms with van der Waals surface area (Å²) in [5, 5.41) is 2.74. The fourth-order valence-electron chi connectivity index (χ4n) is 2.25. The van der Waals surface area contributed by atoms with Crippen molar-refractivity contribution in [1.82, 2.24) is 15.0 Å². The van der Waals surface area contributed by atoms with Gasteiger partial charge in [0, 0.05) is 29.7 Å². The first-order valence-electron chi connectivity index (χ1n) is 7.83. The molecule has 6 heteroatoms. The molecule has 3 heterocycles.